The van der Waals surface area contributed by atoms with Gasteiger partial charge in [-0.25, -0.2) is 8.42 Å². The van der Waals surface area contributed by atoms with E-state index in [1.54, 1.807) is 42.5 Å². The van der Waals surface area contributed by atoms with Crippen LogP contribution in [0.4, 0.5) is 5.69 Å². The quantitative estimate of drug-likeness (QED) is 0.161. The summed E-state index contributed by atoms with van der Waals surface area (Å²) in [6, 6.07) is 27.0. The van der Waals surface area contributed by atoms with Crippen LogP contribution >= 0.6 is 23.2 Å². The molecule has 0 saturated heterocycles. The highest BCUT2D eigenvalue weighted by Crippen LogP contribution is 2.29. The first-order chi connectivity index (χ1) is 22.5. The molecule has 0 spiro atoms. The molecule has 0 aliphatic heterocycles. The third kappa shape index (κ3) is 9.62. The molecule has 0 fully saturated rings. The molecular formula is C38H43Cl2N3O4S. The Kier molecular flexibility index (Phi) is 12.0. The van der Waals surface area contributed by atoms with Gasteiger partial charge in [0.2, 0.25) is 11.8 Å². The number of rotatable bonds is 12. The molecule has 0 radical (unpaired) electrons. The monoisotopic (exact) mass is 707 g/mol. The smallest absolute Gasteiger partial charge is 0.264 e. The average Bonchev–Trinajstić information content (AvgIpc) is 3.02. The van der Waals surface area contributed by atoms with Crippen molar-refractivity contribution in [1.82, 2.24) is 10.2 Å². The summed E-state index contributed by atoms with van der Waals surface area (Å²) in [6.45, 7) is 10.9. The number of amides is 2. The van der Waals surface area contributed by atoms with Crippen molar-refractivity contribution < 1.29 is 18.0 Å². The molecular weight excluding hydrogens is 665 g/mol. The van der Waals surface area contributed by atoms with Gasteiger partial charge in [-0.05, 0) is 86.7 Å². The standard InChI is InChI=1S/C38H43Cl2N3O4S/c1-26(2)29-15-18-32(19-16-29)43(48(46,47)33-20-12-27(3)13-21-33)25-36(44)42(24-30-14-17-31(39)23-34(30)40)35(37(45)41-38(4,5)6)22-28-10-8-7-9-11-28/h7-21,23,26,35H,22,24-25H2,1-6H3,(H,41,45). The number of hydrogen-bond donors (Lipinski definition) is 1. The molecule has 4 aromatic carbocycles. The molecule has 1 atom stereocenters. The molecule has 7 nitrogen and oxygen atoms in total. The molecule has 0 bridgehead atoms. The number of benzene rings is 4. The minimum Gasteiger partial charge on any atom is -0.350 e. The minimum atomic E-state index is -4.21. The summed E-state index contributed by atoms with van der Waals surface area (Å²) < 4.78 is 29.7. The fourth-order valence-electron chi connectivity index (χ4n) is 5.23. The van der Waals surface area contributed by atoms with Gasteiger partial charge >= 0.3 is 0 Å². The number of halogens is 2. The number of carbonyl (C=O) groups is 2. The van der Waals surface area contributed by atoms with E-state index in [0.717, 1.165) is 21.0 Å². The summed E-state index contributed by atoms with van der Waals surface area (Å²) in [7, 11) is -4.21. The van der Waals surface area contributed by atoms with Crippen LogP contribution in [0.5, 0.6) is 0 Å². The molecule has 1 unspecified atom stereocenters. The summed E-state index contributed by atoms with van der Waals surface area (Å²) in [5, 5.41) is 3.78. The van der Waals surface area contributed by atoms with Gasteiger partial charge in [-0.15, -0.1) is 0 Å². The molecule has 0 aromatic heterocycles. The maximum atomic E-state index is 14.7. The van der Waals surface area contributed by atoms with Crippen molar-refractivity contribution in [3.63, 3.8) is 0 Å². The largest absolute Gasteiger partial charge is 0.350 e. The molecule has 4 rings (SSSR count). The lowest BCUT2D eigenvalue weighted by Crippen LogP contribution is -2.56. The van der Waals surface area contributed by atoms with E-state index >= 15 is 0 Å². The van der Waals surface area contributed by atoms with E-state index in [1.165, 1.54) is 17.0 Å². The molecule has 0 aliphatic rings. The SMILES string of the molecule is Cc1ccc(S(=O)(=O)N(CC(=O)N(Cc2ccc(Cl)cc2Cl)C(Cc2ccccc2)C(=O)NC(C)(C)C)c2ccc(C(C)C)cc2)cc1. The predicted octanol–water partition coefficient (Wildman–Crippen LogP) is 8.18. The van der Waals surface area contributed by atoms with E-state index < -0.39 is 34.1 Å². The molecule has 48 heavy (non-hydrogen) atoms. The Hall–Kier alpha value is -3.85. The Morgan fingerprint density at radius 2 is 1.48 bits per heavy atom. The van der Waals surface area contributed by atoms with Crippen LogP contribution in [0, 0.1) is 6.92 Å². The van der Waals surface area contributed by atoms with Crippen LogP contribution in [-0.2, 0) is 32.6 Å². The first-order valence-corrected chi connectivity index (χ1v) is 18.0. The van der Waals surface area contributed by atoms with E-state index in [0.29, 0.717) is 21.3 Å². The minimum absolute atomic E-state index is 0.0486. The van der Waals surface area contributed by atoms with Crippen LogP contribution < -0.4 is 9.62 Å². The van der Waals surface area contributed by atoms with Gasteiger partial charge in [-0.2, -0.15) is 0 Å². The molecule has 0 heterocycles. The molecule has 10 heteroatoms. The Balaban J connectivity index is 1.85. The van der Waals surface area contributed by atoms with Gasteiger partial charge in [-0.3, -0.25) is 13.9 Å². The van der Waals surface area contributed by atoms with Crippen LogP contribution in [0.1, 0.15) is 62.8 Å². The molecule has 1 N–H and O–H groups in total. The number of aryl methyl sites for hydroxylation is 1. The zero-order valence-electron chi connectivity index (χ0n) is 28.2. The number of sulfonamides is 1. The van der Waals surface area contributed by atoms with Gasteiger partial charge in [0.15, 0.2) is 0 Å². The van der Waals surface area contributed by atoms with E-state index in [-0.39, 0.29) is 29.7 Å². The fourth-order valence-corrected chi connectivity index (χ4v) is 7.11. The first-order valence-electron chi connectivity index (χ1n) is 15.8. The molecule has 0 aliphatic carbocycles. The van der Waals surface area contributed by atoms with Crippen molar-refractivity contribution in [2.24, 2.45) is 0 Å². The van der Waals surface area contributed by atoms with Crippen LogP contribution in [0.25, 0.3) is 0 Å². The van der Waals surface area contributed by atoms with Crippen LogP contribution in [-0.4, -0.2) is 43.3 Å². The Bertz CT molecular complexity index is 1820. The topological polar surface area (TPSA) is 86.8 Å². The van der Waals surface area contributed by atoms with Gasteiger partial charge in [0.1, 0.15) is 12.6 Å². The Labute approximate surface area is 294 Å². The second-order valence-electron chi connectivity index (χ2n) is 13.3. The van der Waals surface area contributed by atoms with Crippen molar-refractivity contribution in [2.45, 2.75) is 76.9 Å². The van der Waals surface area contributed by atoms with E-state index in [1.807, 2.05) is 70.2 Å². The van der Waals surface area contributed by atoms with Gasteiger partial charge in [-0.1, -0.05) is 103 Å². The van der Waals surface area contributed by atoms with Gasteiger partial charge < -0.3 is 10.2 Å². The normalized spacial score (nSPS) is 12.4. The molecule has 254 valence electrons. The van der Waals surface area contributed by atoms with Crippen molar-refractivity contribution in [3.8, 4) is 0 Å². The fraction of sp³-hybridized carbons (Fsp3) is 0.316. The number of nitrogens with one attached hydrogen (secondary N) is 1. The number of carbonyl (C=O) groups excluding carboxylic acids is 2. The zero-order valence-corrected chi connectivity index (χ0v) is 30.5. The molecule has 0 saturated carbocycles. The molecule has 2 amide bonds. The molecule has 4 aromatic rings. The van der Waals surface area contributed by atoms with E-state index in [2.05, 4.69) is 19.2 Å². The van der Waals surface area contributed by atoms with Crippen LogP contribution in [0.2, 0.25) is 10.0 Å². The second-order valence-corrected chi connectivity index (χ2v) is 16.0. The van der Waals surface area contributed by atoms with Gasteiger partial charge in [0.05, 0.1) is 10.6 Å². The van der Waals surface area contributed by atoms with Crippen LogP contribution in [0.15, 0.2) is 102 Å². The zero-order chi connectivity index (χ0) is 35.2. The average molecular weight is 709 g/mol. The summed E-state index contributed by atoms with van der Waals surface area (Å²) in [4.78, 5) is 30.2. The second kappa shape index (κ2) is 15.6. The number of hydrogen-bond acceptors (Lipinski definition) is 4. The maximum Gasteiger partial charge on any atom is 0.264 e. The Morgan fingerprint density at radius 1 is 0.854 bits per heavy atom. The van der Waals surface area contributed by atoms with Crippen molar-refractivity contribution in [2.75, 3.05) is 10.8 Å². The van der Waals surface area contributed by atoms with E-state index in [9.17, 15) is 18.0 Å². The highest BCUT2D eigenvalue weighted by atomic mass is 35.5. The van der Waals surface area contributed by atoms with E-state index in [4.69, 9.17) is 23.2 Å². The lowest BCUT2D eigenvalue weighted by atomic mass is 10.0. The summed E-state index contributed by atoms with van der Waals surface area (Å²) in [6.07, 6.45) is 0.188. The lowest BCUT2D eigenvalue weighted by molar-refractivity contribution is -0.140. The van der Waals surface area contributed by atoms with Crippen molar-refractivity contribution in [1.29, 1.82) is 0 Å². The van der Waals surface area contributed by atoms with Crippen LogP contribution in [0.3, 0.4) is 0 Å². The lowest BCUT2D eigenvalue weighted by Gasteiger charge is -2.35. The third-order valence-corrected chi connectivity index (χ3v) is 10.2. The van der Waals surface area contributed by atoms with Gasteiger partial charge in [0.25, 0.3) is 10.0 Å². The van der Waals surface area contributed by atoms with Crippen molar-refractivity contribution >= 4 is 50.7 Å². The Morgan fingerprint density at radius 3 is 2.04 bits per heavy atom. The van der Waals surface area contributed by atoms with Gasteiger partial charge in [0, 0.05) is 28.5 Å². The van der Waals surface area contributed by atoms with Crippen molar-refractivity contribution in [3.05, 3.63) is 129 Å². The number of nitrogens with zero attached hydrogens (tertiary/aromatic N) is 2. The highest BCUT2D eigenvalue weighted by molar-refractivity contribution is 7.92. The highest BCUT2D eigenvalue weighted by Gasteiger charge is 2.36. The first kappa shape index (κ1) is 37.0. The predicted molar refractivity (Wildman–Crippen MR) is 195 cm³/mol. The number of anilines is 1. The summed E-state index contributed by atoms with van der Waals surface area (Å²) in [5.41, 5.74) is 3.05. The maximum absolute atomic E-state index is 14.7. The third-order valence-electron chi connectivity index (χ3n) is 7.86. The summed E-state index contributed by atoms with van der Waals surface area (Å²) in [5.74, 6) is -0.726. The summed E-state index contributed by atoms with van der Waals surface area (Å²) >= 11 is 12.8.